The second-order valence-electron chi connectivity index (χ2n) is 6.27. The third kappa shape index (κ3) is 4.17. The molecule has 1 N–H and O–H groups in total. The molecule has 1 aliphatic carbocycles. The van der Waals surface area contributed by atoms with E-state index in [-0.39, 0.29) is 17.0 Å². The number of nitrogens with one attached hydrogen (secondary N) is 1. The second kappa shape index (κ2) is 8.52. The van der Waals surface area contributed by atoms with Crippen molar-refractivity contribution < 1.29 is 9.59 Å². The van der Waals surface area contributed by atoms with Gasteiger partial charge in [0.15, 0.2) is 5.15 Å². The van der Waals surface area contributed by atoms with Gasteiger partial charge in [0.05, 0.1) is 0 Å². The van der Waals surface area contributed by atoms with Crippen LogP contribution in [0.25, 0.3) is 0 Å². The molecule has 2 aliphatic rings. The van der Waals surface area contributed by atoms with Gasteiger partial charge in [-0.05, 0) is 30.8 Å². The maximum atomic E-state index is 12.8. The Morgan fingerprint density at radius 1 is 1.31 bits per heavy atom. The van der Waals surface area contributed by atoms with Crippen LogP contribution in [0.5, 0.6) is 0 Å². The highest BCUT2D eigenvalue weighted by Gasteiger charge is 2.24. The Morgan fingerprint density at radius 2 is 2.15 bits per heavy atom. The Balaban J connectivity index is 1.79. The van der Waals surface area contributed by atoms with E-state index >= 15 is 0 Å². The normalized spacial score (nSPS) is 18.9. The Labute approximate surface area is 161 Å². The van der Waals surface area contributed by atoms with Gasteiger partial charge in [-0.25, -0.2) is 0 Å². The summed E-state index contributed by atoms with van der Waals surface area (Å²) in [5, 5.41) is 13.1. The van der Waals surface area contributed by atoms with Gasteiger partial charge in [0, 0.05) is 44.7 Å². The molecule has 1 fully saturated rings. The van der Waals surface area contributed by atoms with E-state index < -0.39 is 0 Å². The Hall–Kier alpha value is -2.11. The van der Waals surface area contributed by atoms with Crippen LogP contribution in [0.15, 0.2) is 11.6 Å². The molecule has 7 nitrogen and oxygen atoms in total. The highest BCUT2D eigenvalue weighted by atomic mass is 35.5. The number of nitriles is 1. The highest BCUT2D eigenvalue weighted by molar-refractivity contribution is 7.10. The third-order valence-corrected chi connectivity index (χ3v) is 5.87. The molecule has 1 aromatic rings. The van der Waals surface area contributed by atoms with Gasteiger partial charge < -0.3 is 15.1 Å². The van der Waals surface area contributed by atoms with Crippen molar-refractivity contribution in [3.63, 3.8) is 0 Å². The third-order valence-electron chi connectivity index (χ3n) is 4.59. The van der Waals surface area contributed by atoms with Gasteiger partial charge in [-0.15, -0.1) is 0 Å². The summed E-state index contributed by atoms with van der Waals surface area (Å²) in [6, 6.07) is 2.09. The first-order valence-electron chi connectivity index (χ1n) is 8.65. The molecule has 26 heavy (non-hydrogen) atoms. The lowest BCUT2D eigenvalue weighted by atomic mass is 10.2. The fourth-order valence-corrected chi connectivity index (χ4v) is 4.25. The van der Waals surface area contributed by atoms with E-state index in [2.05, 4.69) is 15.8 Å². The monoisotopic (exact) mass is 393 g/mol. The SMILES string of the molecule is N#Cc1c(Cl)nsc1N1CCNC(=O)CCN(C(=O)C2=CCCC2)CC1. The quantitative estimate of drug-likeness (QED) is 0.829. The Morgan fingerprint density at radius 3 is 2.88 bits per heavy atom. The maximum absolute atomic E-state index is 12.8. The van der Waals surface area contributed by atoms with Crippen molar-refractivity contribution in [2.24, 2.45) is 0 Å². The molecule has 3 rings (SSSR count). The van der Waals surface area contributed by atoms with Crippen molar-refractivity contribution in [2.45, 2.75) is 25.7 Å². The van der Waals surface area contributed by atoms with Crippen LogP contribution >= 0.6 is 23.1 Å². The molecule has 2 amide bonds. The average molecular weight is 394 g/mol. The van der Waals surface area contributed by atoms with Crippen LogP contribution in [0, 0.1) is 11.3 Å². The van der Waals surface area contributed by atoms with E-state index in [9.17, 15) is 14.9 Å². The molecule has 0 bridgehead atoms. The van der Waals surface area contributed by atoms with Crippen molar-refractivity contribution in [1.29, 1.82) is 5.26 Å². The first kappa shape index (κ1) is 18.7. The first-order valence-corrected chi connectivity index (χ1v) is 9.80. The molecular weight excluding hydrogens is 374 g/mol. The molecule has 1 aromatic heterocycles. The maximum Gasteiger partial charge on any atom is 0.249 e. The lowest BCUT2D eigenvalue weighted by Crippen LogP contribution is -2.45. The largest absolute Gasteiger partial charge is 0.358 e. The molecule has 0 unspecified atom stereocenters. The van der Waals surface area contributed by atoms with Gasteiger partial charge in [-0.3, -0.25) is 9.59 Å². The van der Waals surface area contributed by atoms with Gasteiger partial charge in [-0.2, -0.15) is 9.64 Å². The van der Waals surface area contributed by atoms with Crippen molar-refractivity contribution in [3.8, 4) is 6.07 Å². The van der Waals surface area contributed by atoms with E-state index in [4.69, 9.17) is 11.6 Å². The van der Waals surface area contributed by atoms with Crippen molar-refractivity contribution in [2.75, 3.05) is 37.6 Å². The fraction of sp³-hybridized carbons (Fsp3) is 0.529. The molecule has 2 heterocycles. The summed E-state index contributed by atoms with van der Waals surface area (Å²) >= 11 is 7.16. The molecule has 9 heteroatoms. The summed E-state index contributed by atoms with van der Waals surface area (Å²) in [6.07, 6.45) is 5.04. The van der Waals surface area contributed by atoms with Gasteiger partial charge in [0.2, 0.25) is 11.8 Å². The zero-order valence-corrected chi connectivity index (χ0v) is 15.9. The standard InChI is InChI=1S/C17H20ClN5O2S/c18-15-13(11-19)17(26-21-15)23-8-6-20-14(24)5-7-22(9-10-23)16(25)12-3-1-2-4-12/h3H,1-2,4-10H2,(H,20,24). The van der Waals surface area contributed by atoms with Crippen LogP contribution in [0.4, 0.5) is 5.00 Å². The number of hydrogen-bond acceptors (Lipinski definition) is 6. The first-order chi connectivity index (χ1) is 12.6. The molecule has 1 saturated heterocycles. The van der Waals surface area contributed by atoms with E-state index in [0.717, 1.165) is 24.8 Å². The Bertz CT molecular complexity index is 770. The molecule has 138 valence electrons. The summed E-state index contributed by atoms with van der Waals surface area (Å²) in [5.74, 6) is -0.0634. The number of allylic oxidation sites excluding steroid dienone is 1. The zero-order valence-electron chi connectivity index (χ0n) is 14.3. The number of amides is 2. The fourth-order valence-electron chi connectivity index (χ4n) is 3.17. The van der Waals surface area contributed by atoms with Crippen molar-refractivity contribution in [1.82, 2.24) is 14.6 Å². The van der Waals surface area contributed by atoms with Crippen LogP contribution in [-0.2, 0) is 9.59 Å². The number of carbonyl (C=O) groups is 2. The van der Waals surface area contributed by atoms with E-state index in [1.807, 2.05) is 11.0 Å². The molecule has 1 aliphatic heterocycles. The molecular formula is C17H20ClN5O2S. The highest BCUT2D eigenvalue weighted by Crippen LogP contribution is 2.31. The summed E-state index contributed by atoms with van der Waals surface area (Å²) in [7, 11) is 0. The van der Waals surface area contributed by atoms with Gasteiger partial charge in [0.1, 0.15) is 16.6 Å². The predicted molar refractivity (Wildman–Crippen MR) is 100 cm³/mol. The van der Waals surface area contributed by atoms with Gasteiger partial charge in [0.25, 0.3) is 0 Å². The smallest absolute Gasteiger partial charge is 0.249 e. The lowest BCUT2D eigenvalue weighted by molar-refractivity contribution is -0.128. The number of halogens is 1. The molecule has 0 spiro atoms. The summed E-state index contributed by atoms with van der Waals surface area (Å²) in [4.78, 5) is 28.5. The van der Waals surface area contributed by atoms with E-state index in [0.29, 0.717) is 49.7 Å². The molecule has 0 radical (unpaired) electrons. The van der Waals surface area contributed by atoms with E-state index in [1.165, 1.54) is 11.5 Å². The average Bonchev–Trinajstić information content (AvgIpc) is 3.29. The number of rotatable bonds is 2. The lowest BCUT2D eigenvalue weighted by Gasteiger charge is -2.30. The summed E-state index contributed by atoms with van der Waals surface area (Å²) in [6.45, 7) is 2.44. The number of hydrogen-bond donors (Lipinski definition) is 1. The molecule has 0 aromatic carbocycles. The predicted octanol–water partition coefficient (Wildman–Crippen LogP) is 1.93. The van der Waals surface area contributed by atoms with E-state index in [1.54, 1.807) is 4.90 Å². The van der Waals surface area contributed by atoms with Crippen LogP contribution < -0.4 is 10.2 Å². The topological polar surface area (TPSA) is 89.3 Å². The minimum atomic E-state index is -0.0760. The number of anilines is 1. The van der Waals surface area contributed by atoms with Crippen LogP contribution in [0.1, 0.15) is 31.2 Å². The molecule has 0 saturated carbocycles. The van der Waals surface area contributed by atoms with Crippen molar-refractivity contribution >= 4 is 39.9 Å². The minimum absolute atomic E-state index is 0.0127. The summed E-state index contributed by atoms with van der Waals surface area (Å²) in [5.41, 5.74) is 1.18. The summed E-state index contributed by atoms with van der Waals surface area (Å²) < 4.78 is 4.06. The van der Waals surface area contributed by atoms with Crippen molar-refractivity contribution in [3.05, 3.63) is 22.4 Å². The van der Waals surface area contributed by atoms with Crippen LogP contribution in [0.3, 0.4) is 0 Å². The zero-order chi connectivity index (χ0) is 18.5. The number of nitrogens with zero attached hydrogens (tertiary/aromatic N) is 4. The van der Waals surface area contributed by atoms with Gasteiger partial charge in [-0.1, -0.05) is 17.7 Å². The number of aromatic nitrogens is 1. The Kier molecular flexibility index (Phi) is 6.12. The minimum Gasteiger partial charge on any atom is -0.358 e. The van der Waals surface area contributed by atoms with Crippen LogP contribution in [0.2, 0.25) is 5.15 Å². The number of carbonyl (C=O) groups excluding carboxylic acids is 2. The van der Waals surface area contributed by atoms with Crippen LogP contribution in [-0.4, -0.2) is 53.8 Å². The van der Waals surface area contributed by atoms with Gasteiger partial charge >= 0.3 is 0 Å². The molecule has 0 atom stereocenters. The second-order valence-corrected chi connectivity index (χ2v) is 7.38.